The lowest BCUT2D eigenvalue weighted by molar-refractivity contribution is 0.111. The minimum absolute atomic E-state index is 0.204. The monoisotopic (exact) mass is 374 g/mol. The fraction of sp³-hybridized carbons (Fsp3) is 0.571. The van der Waals surface area contributed by atoms with Gasteiger partial charge in [0.15, 0.2) is 0 Å². The largest absolute Gasteiger partial charge is 0.393 e. The number of alkyl halides is 2. The molecule has 120 valence electrons. The zero-order chi connectivity index (χ0) is 15.7. The van der Waals surface area contributed by atoms with Crippen molar-refractivity contribution in [2.45, 2.75) is 44.3 Å². The molecular weight excluding hydrogens is 358 g/mol. The lowest BCUT2D eigenvalue weighted by atomic mass is 9.93. The van der Waals surface area contributed by atoms with E-state index in [0.717, 1.165) is 41.2 Å². The van der Waals surface area contributed by atoms with Crippen LogP contribution >= 0.6 is 15.9 Å². The third kappa shape index (κ3) is 3.22. The smallest absolute Gasteiger partial charge is 0.255 e. The van der Waals surface area contributed by atoms with E-state index in [2.05, 4.69) is 35.8 Å². The molecule has 1 saturated carbocycles. The number of halogens is 3. The predicted molar refractivity (Wildman–Crippen MR) is 83.2 cm³/mol. The molecule has 0 unspecified atom stereocenters. The van der Waals surface area contributed by atoms with Gasteiger partial charge in [-0.2, -0.15) is 4.98 Å². The van der Waals surface area contributed by atoms with E-state index >= 15 is 0 Å². The first kappa shape index (κ1) is 15.6. The van der Waals surface area contributed by atoms with Crippen LogP contribution in [0.4, 0.5) is 14.7 Å². The Labute approximate surface area is 134 Å². The number of hydrogen-bond donors (Lipinski definition) is 2. The van der Waals surface area contributed by atoms with Gasteiger partial charge in [0, 0.05) is 22.9 Å². The first-order valence-electron chi connectivity index (χ1n) is 7.27. The molecule has 5 nitrogen and oxygen atoms in total. The maximum atomic E-state index is 12.3. The zero-order valence-electron chi connectivity index (χ0n) is 11.8. The van der Waals surface area contributed by atoms with Crippen LogP contribution in [0.2, 0.25) is 0 Å². The molecule has 0 saturated heterocycles. The molecule has 8 heteroatoms. The summed E-state index contributed by atoms with van der Waals surface area (Å²) >= 11 is 3.49. The van der Waals surface area contributed by atoms with E-state index in [1.54, 1.807) is 6.20 Å². The van der Waals surface area contributed by atoms with Crippen LogP contribution < -0.4 is 5.32 Å². The molecule has 0 aliphatic heterocycles. The van der Waals surface area contributed by atoms with Crippen molar-refractivity contribution < 1.29 is 13.9 Å². The van der Waals surface area contributed by atoms with E-state index in [4.69, 9.17) is 0 Å². The van der Waals surface area contributed by atoms with Gasteiger partial charge in [0.1, 0.15) is 5.65 Å². The summed E-state index contributed by atoms with van der Waals surface area (Å²) in [5, 5.41) is 13.0. The van der Waals surface area contributed by atoms with Crippen molar-refractivity contribution in [1.29, 1.82) is 0 Å². The third-order valence-corrected chi connectivity index (χ3v) is 4.63. The fourth-order valence-electron chi connectivity index (χ4n) is 2.86. The minimum atomic E-state index is -2.45. The summed E-state index contributed by atoms with van der Waals surface area (Å²) in [7, 11) is 0. The Morgan fingerprint density at radius 2 is 2.09 bits per heavy atom. The number of rotatable bonds is 4. The molecule has 2 aromatic heterocycles. The molecular formula is C14H17BrF2N4O. The second-order valence-corrected chi connectivity index (χ2v) is 6.40. The molecule has 2 aromatic rings. The first-order chi connectivity index (χ1) is 10.5. The maximum Gasteiger partial charge on any atom is 0.255 e. The van der Waals surface area contributed by atoms with Crippen molar-refractivity contribution in [1.82, 2.24) is 14.5 Å². The fourth-order valence-corrected chi connectivity index (χ4v) is 3.36. The van der Waals surface area contributed by atoms with Gasteiger partial charge in [-0.1, -0.05) is 0 Å². The van der Waals surface area contributed by atoms with Gasteiger partial charge in [0.25, 0.3) is 6.43 Å². The highest BCUT2D eigenvalue weighted by Gasteiger charge is 2.23. The second kappa shape index (κ2) is 6.45. The molecule has 0 spiro atoms. The van der Waals surface area contributed by atoms with Gasteiger partial charge in [-0.25, -0.2) is 13.8 Å². The number of fused-ring (bicyclic) bond motifs is 1. The Kier molecular flexibility index (Phi) is 4.58. The van der Waals surface area contributed by atoms with Crippen molar-refractivity contribution in [3.63, 3.8) is 0 Å². The summed E-state index contributed by atoms with van der Waals surface area (Å²) in [4.78, 5) is 8.45. The Balaban J connectivity index is 1.90. The summed E-state index contributed by atoms with van der Waals surface area (Å²) < 4.78 is 27.5. The number of aliphatic hydroxyl groups excluding tert-OH is 1. The SMILES string of the molecule is OC1CCC(n2cc(Br)c3cnc(NCC(F)F)nc32)CC1. The van der Waals surface area contributed by atoms with Crippen LogP contribution in [-0.2, 0) is 0 Å². The van der Waals surface area contributed by atoms with Gasteiger partial charge in [0.05, 0.1) is 18.0 Å². The van der Waals surface area contributed by atoms with Crippen molar-refractivity contribution in [2.24, 2.45) is 0 Å². The maximum absolute atomic E-state index is 12.3. The zero-order valence-corrected chi connectivity index (χ0v) is 13.4. The van der Waals surface area contributed by atoms with E-state index < -0.39 is 13.0 Å². The molecule has 0 amide bonds. The summed E-state index contributed by atoms with van der Waals surface area (Å²) in [5.74, 6) is 0.204. The number of anilines is 1. The van der Waals surface area contributed by atoms with E-state index in [-0.39, 0.29) is 18.1 Å². The molecule has 1 fully saturated rings. The quantitative estimate of drug-likeness (QED) is 0.861. The van der Waals surface area contributed by atoms with Crippen molar-refractivity contribution in [3.05, 3.63) is 16.9 Å². The minimum Gasteiger partial charge on any atom is -0.393 e. The van der Waals surface area contributed by atoms with Gasteiger partial charge in [0.2, 0.25) is 5.95 Å². The lowest BCUT2D eigenvalue weighted by Gasteiger charge is -2.27. The summed E-state index contributed by atoms with van der Waals surface area (Å²) in [6, 6.07) is 0.259. The van der Waals surface area contributed by atoms with Crippen LogP contribution in [0, 0.1) is 0 Å². The van der Waals surface area contributed by atoms with E-state index in [0.29, 0.717) is 0 Å². The number of nitrogens with one attached hydrogen (secondary N) is 1. The van der Waals surface area contributed by atoms with E-state index in [1.807, 2.05) is 6.20 Å². The Morgan fingerprint density at radius 1 is 1.36 bits per heavy atom. The molecule has 2 heterocycles. The molecule has 2 N–H and O–H groups in total. The second-order valence-electron chi connectivity index (χ2n) is 5.55. The summed E-state index contributed by atoms with van der Waals surface area (Å²) in [5.41, 5.74) is 0.722. The highest BCUT2D eigenvalue weighted by Crippen LogP contribution is 2.34. The van der Waals surface area contributed by atoms with Crippen LogP contribution in [0.5, 0.6) is 0 Å². The molecule has 0 radical (unpaired) electrons. The summed E-state index contributed by atoms with van der Waals surface area (Å²) in [6.45, 7) is -0.469. The van der Waals surface area contributed by atoms with Crippen LogP contribution in [0.15, 0.2) is 16.9 Å². The topological polar surface area (TPSA) is 63.0 Å². The number of aliphatic hydroxyl groups is 1. The molecule has 0 bridgehead atoms. The van der Waals surface area contributed by atoms with E-state index in [9.17, 15) is 13.9 Å². The van der Waals surface area contributed by atoms with Gasteiger partial charge in [-0.05, 0) is 41.6 Å². The standard InChI is InChI=1S/C14H17BrF2N4O/c15-11-7-21(8-1-3-9(22)4-2-8)13-10(11)5-18-14(20-13)19-6-12(16)17/h5,7-9,12,22H,1-4,6H2,(H,18,19,20). The third-order valence-electron chi connectivity index (χ3n) is 4.00. The number of hydrogen-bond acceptors (Lipinski definition) is 4. The number of nitrogens with zero attached hydrogens (tertiary/aromatic N) is 3. The lowest BCUT2D eigenvalue weighted by Crippen LogP contribution is -2.21. The van der Waals surface area contributed by atoms with Gasteiger partial charge < -0.3 is 15.0 Å². The average Bonchev–Trinajstić information content (AvgIpc) is 2.83. The molecule has 0 atom stereocenters. The normalized spacial score (nSPS) is 22.4. The van der Waals surface area contributed by atoms with Crippen molar-refractivity contribution in [2.75, 3.05) is 11.9 Å². The van der Waals surface area contributed by atoms with Crippen LogP contribution in [0.25, 0.3) is 11.0 Å². The van der Waals surface area contributed by atoms with Gasteiger partial charge in [-0.15, -0.1) is 0 Å². The molecule has 0 aromatic carbocycles. The molecule has 22 heavy (non-hydrogen) atoms. The summed E-state index contributed by atoms with van der Waals surface area (Å²) in [6.07, 6.45) is 4.21. The van der Waals surface area contributed by atoms with Crippen molar-refractivity contribution in [3.8, 4) is 0 Å². The van der Waals surface area contributed by atoms with E-state index in [1.165, 1.54) is 0 Å². The predicted octanol–water partition coefficient (Wildman–Crippen LogP) is 3.35. The molecule has 1 aliphatic rings. The van der Waals surface area contributed by atoms with Crippen molar-refractivity contribution >= 4 is 32.9 Å². The average molecular weight is 375 g/mol. The number of aromatic nitrogens is 3. The Hall–Kier alpha value is -1.28. The van der Waals surface area contributed by atoms with Crippen LogP contribution in [-0.4, -0.2) is 38.7 Å². The van der Waals surface area contributed by atoms with Crippen LogP contribution in [0.1, 0.15) is 31.7 Å². The first-order valence-corrected chi connectivity index (χ1v) is 8.07. The molecule has 3 rings (SSSR count). The van der Waals surface area contributed by atoms with Crippen LogP contribution in [0.3, 0.4) is 0 Å². The highest BCUT2D eigenvalue weighted by atomic mass is 79.9. The highest BCUT2D eigenvalue weighted by molar-refractivity contribution is 9.10. The Morgan fingerprint density at radius 3 is 2.77 bits per heavy atom. The van der Waals surface area contributed by atoms with Gasteiger partial charge >= 0.3 is 0 Å². The molecule has 1 aliphatic carbocycles. The Bertz CT molecular complexity index is 656. The van der Waals surface area contributed by atoms with Gasteiger partial charge in [-0.3, -0.25) is 0 Å².